The lowest BCUT2D eigenvalue weighted by molar-refractivity contribution is 0.0955. The van der Waals surface area contributed by atoms with Crippen LogP contribution in [-0.2, 0) is 6.54 Å². The molecule has 2 rings (SSSR count). The summed E-state index contributed by atoms with van der Waals surface area (Å²) in [5.41, 5.74) is 1.98. The van der Waals surface area contributed by atoms with E-state index in [9.17, 15) is 4.79 Å². The molecule has 1 N–H and O–H groups in total. The maximum Gasteiger partial charge on any atom is 0.263 e. The van der Waals surface area contributed by atoms with Crippen molar-refractivity contribution in [1.29, 1.82) is 0 Å². The molecule has 94 valence electrons. The van der Waals surface area contributed by atoms with Crippen molar-refractivity contribution in [2.75, 3.05) is 0 Å². The number of amides is 1. The Bertz CT molecular complexity index is 582. The van der Waals surface area contributed by atoms with Crippen molar-refractivity contribution in [3.05, 3.63) is 55.1 Å². The van der Waals surface area contributed by atoms with Crippen molar-refractivity contribution in [3.63, 3.8) is 0 Å². The van der Waals surface area contributed by atoms with Crippen LogP contribution in [0.2, 0.25) is 5.02 Å². The molecule has 1 heterocycles. The summed E-state index contributed by atoms with van der Waals surface area (Å²) in [6, 6.07) is 7.83. The van der Waals surface area contributed by atoms with Crippen molar-refractivity contribution in [1.82, 2.24) is 5.32 Å². The Balaban J connectivity index is 2.03. The van der Waals surface area contributed by atoms with E-state index in [4.69, 9.17) is 11.6 Å². The standard InChI is InChI=1S/C13H11BrClNOS/c1-8-7-18-12(11(8)15)13(17)16-6-9-3-2-4-10(14)5-9/h2-5,7H,6H2,1H3,(H,16,17). The minimum Gasteiger partial charge on any atom is -0.347 e. The zero-order valence-electron chi connectivity index (χ0n) is 9.67. The lowest BCUT2D eigenvalue weighted by Gasteiger charge is -2.05. The van der Waals surface area contributed by atoms with Gasteiger partial charge < -0.3 is 5.32 Å². The van der Waals surface area contributed by atoms with Gasteiger partial charge >= 0.3 is 0 Å². The first kappa shape index (κ1) is 13.6. The fraction of sp³-hybridized carbons (Fsp3) is 0.154. The van der Waals surface area contributed by atoms with Crippen LogP contribution < -0.4 is 5.32 Å². The molecule has 0 spiro atoms. The third-order valence-electron chi connectivity index (χ3n) is 2.45. The molecule has 0 saturated carbocycles. The Hall–Kier alpha value is -0.840. The monoisotopic (exact) mass is 343 g/mol. The molecule has 0 unspecified atom stereocenters. The molecular formula is C13H11BrClNOS. The average Bonchev–Trinajstić information content (AvgIpc) is 2.67. The number of thiophene rings is 1. The Labute approximate surface area is 123 Å². The SMILES string of the molecule is Cc1csc(C(=O)NCc2cccc(Br)c2)c1Cl. The molecule has 0 radical (unpaired) electrons. The summed E-state index contributed by atoms with van der Waals surface area (Å²) in [4.78, 5) is 12.5. The highest BCUT2D eigenvalue weighted by molar-refractivity contribution is 9.10. The Morgan fingerprint density at radius 3 is 2.89 bits per heavy atom. The second kappa shape index (κ2) is 5.87. The molecule has 18 heavy (non-hydrogen) atoms. The average molecular weight is 345 g/mol. The second-order valence-electron chi connectivity index (χ2n) is 3.87. The van der Waals surface area contributed by atoms with Gasteiger partial charge in [-0.2, -0.15) is 0 Å². The van der Waals surface area contributed by atoms with E-state index in [0.717, 1.165) is 15.6 Å². The van der Waals surface area contributed by atoms with Crippen molar-refractivity contribution in [3.8, 4) is 0 Å². The van der Waals surface area contributed by atoms with Gasteiger partial charge in [0.2, 0.25) is 0 Å². The Morgan fingerprint density at radius 1 is 1.50 bits per heavy atom. The van der Waals surface area contributed by atoms with Gasteiger partial charge in [-0.05, 0) is 35.6 Å². The van der Waals surface area contributed by atoms with E-state index < -0.39 is 0 Å². The summed E-state index contributed by atoms with van der Waals surface area (Å²) in [5, 5.41) is 5.30. The summed E-state index contributed by atoms with van der Waals surface area (Å²) in [5.74, 6) is -0.127. The summed E-state index contributed by atoms with van der Waals surface area (Å²) >= 11 is 10.8. The minimum atomic E-state index is -0.127. The van der Waals surface area contributed by atoms with Gasteiger partial charge in [0, 0.05) is 11.0 Å². The smallest absolute Gasteiger partial charge is 0.263 e. The van der Waals surface area contributed by atoms with Gasteiger partial charge in [-0.15, -0.1) is 11.3 Å². The van der Waals surface area contributed by atoms with Gasteiger partial charge in [-0.3, -0.25) is 4.79 Å². The van der Waals surface area contributed by atoms with Gasteiger partial charge in [0.05, 0.1) is 5.02 Å². The van der Waals surface area contributed by atoms with Crippen molar-refractivity contribution < 1.29 is 4.79 Å². The number of nitrogens with one attached hydrogen (secondary N) is 1. The van der Waals surface area contributed by atoms with Crippen LogP contribution in [0.4, 0.5) is 0 Å². The molecule has 0 saturated heterocycles. The normalized spacial score (nSPS) is 10.4. The van der Waals surface area contributed by atoms with Gasteiger partial charge in [0.15, 0.2) is 0 Å². The summed E-state index contributed by atoms with van der Waals surface area (Å²) in [7, 11) is 0. The number of rotatable bonds is 3. The summed E-state index contributed by atoms with van der Waals surface area (Å²) in [6.07, 6.45) is 0. The molecule has 0 bridgehead atoms. The van der Waals surface area contributed by atoms with Crippen LogP contribution in [0.1, 0.15) is 20.8 Å². The number of benzene rings is 1. The van der Waals surface area contributed by atoms with Crippen molar-refractivity contribution in [2.45, 2.75) is 13.5 Å². The number of carbonyl (C=O) groups excluding carboxylic acids is 1. The maximum atomic E-state index is 11.9. The van der Waals surface area contributed by atoms with Crippen LogP contribution >= 0.6 is 38.9 Å². The number of aryl methyl sites for hydroxylation is 1. The van der Waals surface area contributed by atoms with Crippen molar-refractivity contribution in [2.24, 2.45) is 0 Å². The van der Waals surface area contributed by atoms with Crippen LogP contribution in [0.5, 0.6) is 0 Å². The topological polar surface area (TPSA) is 29.1 Å². The van der Waals surface area contributed by atoms with Crippen molar-refractivity contribution >= 4 is 44.8 Å². The zero-order chi connectivity index (χ0) is 13.1. The Morgan fingerprint density at radius 2 is 2.28 bits per heavy atom. The second-order valence-corrected chi connectivity index (χ2v) is 6.05. The van der Waals surface area contributed by atoms with E-state index in [1.165, 1.54) is 11.3 Å². The van der Waals surface area contributed by atoms with Crippen LogP contribution in [0.15, 0.2) is 34.1 Å². The zero-order valence-corrected chi connectivity index (χ0v) is 12.8. The third-order valence-corrected chi connectivity index (χ3v) is 4.64. The summed E-state index contributed by atoms with van der Waals surface area (Å²) in [6.45, 7) is 2.38. The first-order valence-electron chi connectivity index (χ1n) is 5.34. The predicted molar refractivity (Wildman–Crippen MR) is 79.4 cm³/mol. The highest BCUT2D eigenvalue weighted by atomic mass is 79.9. The molecule has 5 heteroatoms. The van der Waals surface area contributed by atoms with E-state index in [-0.39, 0.29) is 5.91 Å². The molecule has 0 atom stereocenters. The predicted octanol–water partition coefficient (Wildman–Crippen LogP) is 4.40. The molecule has 0 aliphatic carbocycles. The fourth-order valence-electron chi connectivity index (χ4n) is 1.49. The maximum absolute atomic E-state index is 11.9. The molecule has 0 fully saturated rings. The van der Waals surface area contributed by atoms with E-state index >= 15 is 0 Å². The largest absolute Gasteiger partial charge is 0.347 e. The molecule has 2 aromatic rings. The van der Waals surface area contributed by atoms with Crippen LogP contribution in [0.25, 0.3) is 0 Å². The number of halogens is 2. The first-order chi connectivity index (χ1) is 8.58. The quantitative estimate of drug-likeness (QED) is 0.878. The van der Waals surface area contributed by atoms with Gasteiger partial charge in [0.1, 0.15) is 4.88 Å². The first-order valence-corrected chi connectivity index (χ1v) is 7.39. The fourth-order valence-corrected chi connectivity index (χ4v) is 3.13. The molecule has 2 nitrogen and oxygen atoms in total. The Kier molecular flexibility index (Phi) is 4.43. The minimum absolute atomic E-state index is 0.127. The number of hydrogen-bond donors (Lipinski definition) is 1. The molecule has 1 aromatic heterocycles. The molecule has 1 aromatic carbocycles. The van der Waals surface area contributed by atoms with E-state index in [2.05, 4.69) is 21.2 Å². The number of hydrogen-bond acceptors (Lipinski definition) is 2. The van der Waals surface area contributed by atoms with E-state index in [1.54, 1.807) is 0 Å². The van der Waals surface area contributed by atoms with Crippen LogP contribution in [-0.4, -0.2) is 5.91 Å². The number of carbonyl (C=O) groups is 1. The van der Waals surface area contributed by atoms with Gasteiger partial charge in [0.25, 0.3) is 5.91 Å². The molecule has 0 aliphatic heterocycles. The molecule has 1 amide bonds. The highest BCUT2D eigenvalue weighted by Crippen LogP contribution is 2.26. The molecular weight excluding hydrogens is 334 g/mol. The highest BCUT2D eigenvalue weighted by Gasteiger charge is 2.13. The van der Waals surface area contributed by atoms with Gasteiger partial charge in [-0.1, -0.05) is 39.7 Å². The van der Waals surface area contributed by atoms with E-state index in [1.807, 2.05) is 36.6 Å². The third kappa shape index (κ3) is 3.13. The van der Waals surface area contributed by atoms with Gasteiger partial charge in [-0.25, -0.2) is 0 Å². The van der Waals surface area contributed by atoms with Crippen LogP contribution in [0.3, 0.4) is 0 Å². The molecule has 0 aliphatic rings. The summed E-state index contributed by atoms with van der Waals surface area (Å²) < 4.78 is 0.999. The van der Waals surface area contributed by atoms with E-state index in [0.29, 0.717) is 16.4 Å². The lowest BCUT2D eigenvalue weighted by Crippen LogP contribution is -2.22. The lowest BCUT2D eigenvalue weighted by atomic mass is 10.2. The van der Waals surface area contributed by atoms with Crippen LogP contribution in [0, 0.1) is 6.92 Å².